The van der Waals surface area contributed by atoms with E-state index < -0.39 is 0 Å². The van der Waals surface area contributed by atoms with Gasteiger partial charge >= 0.3 is 0 Å². The van der Waals surface area contributed by atoms with Crippen LogP contribution in [0, 0.1) is 48.3 Å². The maximum Gasteiger partial charge on any atom is 0.252 e. The van der Waals surface area contributed by atoms with Crippen molar-refractivity contribution in [1.82, 2.24) is 0 Å². The standard InChI is InChI=1S/C70H81BN2/c1-40-15-24-60-57(27-40)71-58-33-45(67(8,9)10)20-26-61(58)73(59-25-19-44(66(5,6)7)32-48(59)42-16-23-55-56(31-42)69(13,14)39-68(55,11)12)63-35-46(34-62(64(63)71)72(60)47-21-17-43(18-22-47)65(2,3)4)70-36-52-49-28-41-29-50(52)54(38-70)51(30-41)53(49)37-70/h15-27,31-35,41,49-54H,28-30,36-39H2,1-14H3/t41?,49-,50-,51?,52?,53?,54?,70-/m1/s1. The van der Waals surface area contributed by atoms with E-state index in [-0.39, 0.29) is 39.2 Å². The third kappa shape index (κ3) is 6.67. The smallest absolute Gasteiger partial charge is 0.252 e. The Kier molecular flexibility index (Phi) is 9.48. The first-order valence-electron chi connectivity index (χ1n) is 28.8. The maximum absolute atomic E-state index is 2.82. The minimum absolute atomic E-state index is 0.0144. The summed E-state index contributed by atoms with van der Waals surface area (Å²) < 4.78 is 0. The van der Waals surface area contributed by atoms with Crippen molar-refractivity contribution >= 4 is 57.2 Å². The molecule has 0 atom stereocenters. The van der Waals surface area contributed by atoms with Crippen LogP contribution in [0.1, 0.15) is 174 Å². The summed E-state index contributed by atoms with van der Waals surface area (Å²) in [4.78, 5) is 5.52. The highest BCUT2D eigenvalue weighted by Crippen LogP contribution is 2.74. The Morgan fingerprint density at radius 1 is 0.466 bits per heavy atom. The molecule has 8 bridgehead atoms. The van der Waals surface area contributed by atoms with Crippen molar-refractivity contribution < 1.29 is 0 Å². The molecule has 6 aromatic rings. The van der Waals surface area contributed by atoms with Gasteiger partial charge in [0.15, 0.2) is 0 Å². The molecule has 3 heteroatoms. The molecule has 0 radical (unpaired) electrons. The van der Waals surface area contributed by atoms with Gasteiger partial charge in [0, 0.05) is 34.0 Å². The molecule has 7 saturated carbocycles. The Morgan fingerprint density at radius 3 is 1.58 bits per heavy atom. The largest absolute Gasteiger partial charge is 0.311 e. The van der Waals surface area contributed by atoms with Gasteiger partial charge in [0.05, 0.1) is 5.69 Å². The van der Waals surface area contributed by atoms with Crippen LogP contribution in [0.4, 0.5) is 34.1 Å². The fourth-order valence-corrected chi connectivity index (χ4v) is 18.4. The second-order valence-corrected chi connectivity index (χ2v) is 30.1. The zero-order valence-corrected chi connectivity index (χ0v) is 46.9. The van der Waals surface area contributed by atoms with E-state index in [1.54, 1.807) is 5.56 Å². The SMILES string of the molecule is Cc1ccc2c(c1)B1c3cc(C(C)(C)C)ccc3N(c3ccc(C(C)(C)C)cc3-c3ccc4c(c3)C(C)(C)CC4(C)C)c3cc([C@]45CC6C7CC8C[C@@H]6C(C4)[C@@H](C8)C7C5)cc(c31)N2c1ccc(C(C)(C)C)cc1. The van der Waals surface area contributed by atoms with Gasteiger partial charge < -0.3 is 9.80 Å². The number of anilines is 6. The van der Waals surface area contributed by atoms with Crippen LogP contribution in [0.2, 0.25) is 0 Å². The Morgan fingerprint density at radius 2 is 0.973 bits per heavy atom. The van der Waals surface area contributed by atoms with Crippen molar-refractivity contribution in [3.63, 3.8) is 0 Å². The first kappa shape index (κ1) is 46.5. The van der Waals surface area contributed by atoms with Gasteiger partial charge in [-0.1, -0.05) is 156 Å². The van der Waals surface area contributed by atoms with Crippen molar-refractivity contribution in [2.75, 3.05) is 9.80 Å². The molecular formula is C70H81BN2. The first-order valence-corrected chi connectivity index (χ1v) is 28.8. The Hall–Kier alpha value is -5.02. The predicted molar refractivity (Wildman–Crippen MR) is 311 cm³/mol. The number of aryl methyl sites for hydroxylation is 1. The molecule has 0 N–H and O–H groups in total. The van der Waals surface area contributed by atoms with Crippen molar-refractivity contribution in [3.8, 4) is 11.1 Å². The molecule has 2 heterocycles. The van der Waals surface area contributed by atoms with E-state index in [9.17, 15) is 0 Å². The highest BCUT2D eigenvalue weighted by atomic mass is 15.2. The Labute approximate surface area is 439 Å². The first-order chi connectivity index (χ1) is 34.4. The summed E-state index contributed by atoms with van der Waals surface area (Å²) in [5, 5.41) is 0. The van der Waals surface area contributed by atoms with Gasteiger partial charge in [-0.15, -0.1) is 0 Å². The predicted octanol–water partition coefficient (Wildman–Crippen LogP) is 16.6. The van der Waals surface area contributed by atoms with E-state index >= 15 is 0 Å². The Bertz CT molecular complexity index is 3250. The van der Waals surface area contributed by atoms with Crippen LogP contribution in [0.15, 0.2) is 109 Å². The zero-order valence-electron chi connectivity index (χ0n) is 46.9. The average Bonchev–Trinajstić information content (AvgIpc) is 3.55. The van der Waals surface area contributed by atoms with Crippen molar-refractivity contribution in [3.05, 3.63) is 148 Å². The molecular weight excluding hydrogens is 880 g/mol. The van der Waals surface area contributed by atoms with Crippen molar-refractivity contribution in [2.45, 2.75) is 174 Å². The van der Waals surface area contributed by atoms with Crippen LogP contribution in [0.25, 0.3) is 11.1 Å². The van der Waals surface area contributed by atoms with Crippen molar-refractivity contribution in [1.29, 1.82) is 0 Å². The quantitative estimate of drug-likeness (QED) is 0.162. The van der Waals surface area contributed by atoms with Crippen LogP contribution in [0.3, 0.4) is 0 Å². The lowest BCUT2D eigenvalue weighted by Crippen LogP contribution is -2.66. The number of hydrogen-bond acceptors (Lipinski definition) is 2. The number of nitrogens with zero attached hydrogens (tertiary/aromatic N) is 2. The number of rotatable bonds is 4. The summed E-state index contributed by atoms with van der Waals surface area (Å²) in [7, 11) is 0. The fourth-order valence-electron chi connectivity index (χ4n) is 18.4. The molecule has 16 rings (SSSR count). The van der Waals surface area contributed by atoms with Gasteiger partial charge in [-0.25, -0.2) is 0 Å². The highest BCUT2D eigenvalue weighted by molar-refractivity contribution is 7.00. The molecule has 8 aliphatic carbocycles. The molecule has 0 unspecified atom stereocenters. The molecule has 73 heavy (non-hydrogen) atoms. The minimum atomic E-state index is -0.0151. The number of fused-ring (bicyclic) bond motifs is 5. The summed E-state index contributed by atoms with van der Waals surface area (Å²) in [5.74, 6) is 6.60. The number of benzene rings is 6. The van der Waals surface area contributed by atoms with E-state index in [0.29, 0.717) is 0 Å². The van der Waals surface area contributed by atoms with E-state index in [2.05, 4.69) is 216 Å². The zero-order chi connectivity index (χ0) is 50.8. The van der Waals surface area contributed by atoms with E-state index in [1.165, 1.54) is 134 Å². The summed E-state index contributed by atoms with van der Waals surface area (Å²) in [5.41, 5.74) is 25.6. The van der Waals surface area contributed by atoms with Crippen LogP contribution < -0.4 is 26.2 Å². The van der Waals surface area contributed by atoms with E-state index in [1.807, 2.05) is 0 Å². The lowest BCUT2D eigenvalue weighted by Gasteiger charge is -2.72. The minimum Gasteiger partial charge on any atom is -0.311 e. The molecule has 6 aromatic carbocycles. The summed E-state index contributed by atoms with van der Waals surface area (Å²) in [6.45, 7) is 33.6. The van der Waals surface area contributed by atoms with Crippen LogP contribution >= 0.6 is 0 Å². The van der Waals surface area contributed by atoms with Gasteiger partial charge in [-0.3, -0.25) is 0 Å². The number of hydrogen-bond donors (Lipinski definition) is 0. The van der Waals surface area contributed by atoms with E-state index in [4.69, 9.17) is 0 Å². The maximum atomic E-state index is 2.82. The van der Waals surface area contributed by atoms with Gasteiger partial charge in [-0.05, 0) is 230 Å². The highest BCUT2D eigenvalue weighted by Gasteiger charge is 2.67. The van der Waals surface area contributed by atoms with Crippen LogP contribution in [-0.2, 0) is 32.5 Å². The van der Waals surface area contributed by atoms with E-state index in [0.717, 1.165) is 47.8 Å². The van der Waals surface area contributed by atoms with Gasteiger partial charge in [0.25, 0.3) is 6.71 Å². The van der Waals surface area contributed by atoms with Crippen LogP contribution in [0.5, 0.6) is 0 Å². The van der Waals surface area contributed by atoms with Crippen LogP contribution in [-0.4, -0.2) is 6.71 Å². The Balaban J connectivity index is 1.07. The molecule has 374 valence electrons. The fraction of sp³-hybridized carbons (Fsp3) is 0.486. The summed E-state index contributed by atoms with van der Waals surface area (Å²) in [6.07, 6.45) is 9.85. The third-order valence-corrected chi connectivity index (χ3v) is 21.5. The molecule has 10 aliphatic rings. The van der Waals surface area contributed by atoms with Gasteiger partial charge in [0.1, 0.15) is 0 Å². The van der Waals surface area contributed by atoms with Gasteiger partial charge in [-0.2, -0.15) is 0 Å². The monoisotopic (exact) mass is 961 g/mol. The van der Waals surface area contributed by atoms with Gasteiger partial charge in [0.2, 0.25) is 0 Å². The molecule has 7 fully saturated rings. The average molecular weight is 961 g/mol. The summed E-state index contributed by atoms with van der Waals surface area (Å²) in [6, 6.07) is 45.5. The molecule has 2 nitrogen and oxygen atoms in total. The topological polar surface area (TPSA) is 6.48 Å². The lowest BCUT2D eigenvalue weighted by atomic mass is 9.31. The second-order valence-electron chi connectivity index (χ2n) is 30.1. The second kappa shape index (κ2) is 14.9. The van der Waals surface area contributed by atoms with Crippen molar-refractivity contribution in [2.24, 2.45) is 41.4 Å². The lowest BCUT2D eigenvalue weighted by molar-refractivity contribution is -0.212. The molecule has 2 aliphatic heterocycles. The molecule has 0 spiro atoms. The molecule has 0 saturated heterocycles. The normalized spacial score (nSPS) is 28.4. The third-order valence-electron chi connectivity index (χ3n) is 21.5. The summed E-state index contributed by atoms with van der Waals surface area (Å²) >= 11 is 0. The molecule has 0 amide bonds. The molecule has 0 aromatic heterocycles.